The van der Waals surface area contributed by atoms with E-state index in [4.69, 9.17) is 14.7 Å². The quantitative estimate of drug-likeness (QED) is 0.550. The van der Waals surface area contributed by atoms with Gasteiger partial charge in [0.05, 0.1) is 11.2 Å². The molecule has 0 aliphatic carbocycles. The fraction of sp³-hybridized carbons (Fsp3) is 0.500. The number of benzene rings is 1. The molecule has 1 aromatic carbocycles. The number of rotatable bonds is 1. The van der Waals surface area contributed by atoms with Crippen molar-refractivity contribution in [2.24, 2.45) is 0 Å². The first kappa shape index (κ1) is 12.1. The van der Waals surface area contributed by atoms with Gasteiger partial charge in [0.2, 0.25) is 5.39 Å². The molecule has 17 heavy (non-hydrogen) atoms. The van der Waals surface area contributed by atoms with Crippen LogP contribution >= 0.6 is 0 Å². The molecule has 0 N–H and O–H groups in total. The van der Waals surface area contributed by atoms with Crippen LogP contribution in [0.2, 0.25) is 0 Å². The lowest BCUT2D eigenvalue weighted by Crippen LogP contribution is -2.41. The maximum Gasteiger partial charge on any atom is 0.494 e. The number of hydrogen-bond donors (Lipinski definition) is 0. The first-order valence-corrected chi connectivity index (χ1v) is 5.66. The SMILES string of the molecule is CC1(C)OB(c2ccc([N+]#N)cc2)OC1(C)C. The van der Waals surface area contributed by atoms with Crippen LogP contribution < -0.4 is 5.46 Å². The van der Waals surface area contributed by atoms with Gasteiger partial charge >= 0.3 is 12.8 Å². The van der Waals surface area contributed by atoms with E-state index in [0.717, 1.165) is 5.46 Å². The minimum Gasteiger partial charge on any atom is -0.399 e. The summed E-state index contributed by atoms with van der Waals surface area (Å²) in [4.78, 5) is 3.11. The average Bonchev–Trinajstić information content (AvgIpc) is 2.48. The van der Waals surface area contributed by atoms with Crippen molar-refractivity contribution >= 4 is 18.3 Å². The van der Waals surface area contributed by atoms with Gasteiger partial charge in [-0.05, 0) is 33.2 Å². The monoisotopic (exact) mass is 231 g/mol. The Hall–Kier alpha value is -1.38. The van der Waals surface area contributed by atoms with Crippen LogP contribution in [0.3, 0.4) is 0 Å². The van der Waals surface area contributed by atoms with Crippen LogP contribution in [0.1, 0.15) is 27.7 Å². The summed E-state index contributed by atoms with van der Waals surface area (Å²) in [6, 6.07) is 7.13. The molecule has 1 saturated heterocycles. The van der Waals surface area contributed by atoms with E-state index < -0.39 is 0 Å². The predicted octanol–water partition coefficient (Wildman–Crippen LogP) is 2.47. The van der Waals surface area contributed by atoms with Crippen LogP contribution in [0.25, 0.3) is 4.98 Å². The Labute approximate surface area is 102 Å². The Balaban J connectivity index is 2.23. The van der Waals surface area contributed by atoms with Crippen molar-refractivity contribution in [2.45, 2.75) is 38.9 Å². The highest BCUT2D eigenvalue weighted by Crippen LogP contribution is 2.36. The van der Waals surface area contributed by atoms with Gasteiger partial charge in [-0.15, -0.1) is 0 Å². The van der Waals surface area contributed by atoms with E-state index in [1.165, 1.54) is 0 Å². The smallest absolute Gasteiger partial charge is 0.399 e. The molecule has 1 fully saturated rings. The van der Waals surface area contributed by atoms with E-state index >= 15 is 0 Å². The van der Waals surface area contributed by atoms with E-state index in [2.05, 4.69) is 4.98 Å². The summed E-state index contributed by atoms with van der Waals surface area (Å²) in [6.45, 7) is 8.07. The van der Waals surface area contributed by atoms with Crippen molar-refractivity contribution in [3.63, 3.8) is 0 Å². The second-order valence-electron chi connectivity index (χ2n) is 5.28. The Kier molecular flexibility index (Phi) is 2.72. The minimum atomic E-state index is -0.368. The van der Waals surface area contributed by atoms with Crippen molar-refractivity contribution < 1.29 is 9.31 Å². The van der Waals surface area contributed by atoms with Crippen LogP contribution in [-0.4, -0.2) is 18.3 Å². The molecule has 88 valence electrons. The Morgan fingerprint density at radius 1 is 1.00 bits per heavy atom. The zero-order valence-corrected chi connectivity index (χ0v) is 10.6. The highest BCUT2D eigenvalue weighted by atomic mass is 16.7. The van der Waals surface area contributed by atoms with Crippen molar-refractivity contribution in [1.29, 1.82) is 5.39 Å². The largest absolute Gasteiger partial charge is 0.494 e. The second kappa shape index (κ2) is 3.83. The van der Waals surface area contributed by atoms with Crippen LogP contribution in [0.15, 0.2) is 24.3 Å². The lowest BCUT2D eigenvalue weighted by molar-refractivity contribution is 0.00578. The number of hydrogen-bond acceptors (Lipinski definition) is 3. The summed E-state index contributed by atoms with van der Waals surface area (Å²) in [6.07, 6.45) is 0. The second-order valence-corrected chi connectivity index (χ2v) is 5.28. The highest BCUT2D eigenvalue weighted by Gasteiger charge is 2.51. The molecule has 0 unspecified atom stereocenters. The van der Waals surface area contributed by atoms with Crippen molar-refractivity contribution in [2.75, 3.05) is 0 Å². The summed E-state index contributed by atoms with van der Waals surface area (Å²) in [5, 5.41) is 8.62. The third-order valence-electron chi connectivity index (χ3n) is 3.53. The molecule has 4 nitrogen and oxygen atoms in total. The Morgan fingerprint density at radius 2 is 1.47 bits per heavy atom. The van der Waals surface area contributed by atoms with E-state index in [1.54, 1.807) is 12.1 Å². The van der Waals surface area contributed by atoms with Gasteiger partial charge in [0.15, 0.2) is 4.98 Å². The topological polar surface area (TPSA) is 46.6 Å². The summed E-state index contributed by atoms with van der Waals surface area (Å²) in [7, 11) is -0.368. The van der Waals surface area contributed by atoms with E-state index in [1.807, 2.05) is 39.8 Å². The lowest BCUT2D eigenvalue weighted by atomic mass is 9.79. The van der Waals surface area contributed by atoms with Gasteiger partial charge in [0.1, 0.15) is 0 Å². The van der Waals surface area contributed by atoms with Crippen molar-refractivity contribution in [3.05, 3.63) is 29.2 Å². The fourth-order valence-electron chi connectivity index (χ4n) is 1.68. The standard InChI is InChI=1S/C12H16BN2O2/c1-11(2)12(3,4)17-13(16-11)9-5-7-10(15-14)8-6-9/h5-8H,1-4H3/q+1. The molecule has 0 radical (unpaired) electrons. The number of diazo groups is 1. The van der Waals surface area contributed by atoms with Gasteiger partial charge in [-0.1, -0.05) is 12.1 Å². The molecule has 5 heteroatoms. The lowest BCUT2D eigenvalue weighted by Gasteiger charge is -2.32. The van der Waals surface area contributed by atoms with E-state index in [0.29, 0.717) is 5.69 Å². The van der Waals surface area contributed by atoms with Crippen LogP contribution in [-0.2, 0) is 9.31 Å². The summed E-state index contributed by atoms with van der Waals surface area (Å²) in [5.41, 5.74) is 0.774. The molecule has 0 saturated carbocycles. The Morgan fingerprint density at radius 3 is 1.88 bits per heavy atom. The normalized spacial score (nSPS) is 21.2. The summed E-state index contributed by atoms with van der Waals surface area (Å²) < 4.78 is 11.8. The maximum atomic E-state index is 8.62. The molecule has 0 aromatic heterocycles. The van der Waals surface area contributed by atoms with Crippen LogP contribution in [0.4, 0.5) is 5.69 Å². The van der Waals surface area contributed by atoms with Gasteiger partial charge in [-0.2, -0.15) is 0 Å². The Bertz CT molecular complexity index is 446. The predicted molar refractivity (Wildman–Crippen MR) is 66.9 cm³/mol. The third kappa shape index (κ3) is 2.06. The molecule has 1 heterocycles. The molecule has 2 rings (SSSR count). The maximum absolute atomic E-state index is 8.62. The minimum absolute atomic E-state index is 0.336. The number of nitrogens with zero attached hydrogens (tertiary/aromatic N) is 2. The van der Waals surface area contributed by atoms with Crippen molar-refractivity contribution in [1.82, 2.24) is 0 Å². The molecule has 1 aliphatic rings. The molecule has 1 aromatic rings. The molecule has 0 spiro atoms. The van der Waals surface area contributed by atoms with E-state index in [-0.39, 0.29) is 18.3 Å². The molecular formula is C12H16BN2O2+. The molecule has 0 bridgehead atoms. The first-order chi connectivity index (χ1) is 7.86. The van der Waals surface area contributed by atoms with Gasteiger partial charge in [0.25, 0.3) is 0 Å². The summed E-state index contributed by atoms with van der Waals surface area (Å²) >= 11 is 0. The van der Waals surface area contributed by atoms with Gasteiger partial charge < -0.3 is 9.31 Å². The highest BCUT2D eigenvalue weighted by molar-refractivity contribution is 6.62. The zero-order valence-electron chi connectivity index (χ0n) is 10.6. The first-order valence-electron chi connectivity index (χ1n) is 5.66. The van der Waals surface area contributed by atoms with E-state index in [9.17, 15) is 0 Å². The van der Waals surface area contributed by atoms with Crippen LogP contribution in [0.5, 0.6) is 0 Å². The molecule has 1 aliphatic heterocycles. The molecule has 0 amide bonds. The van der Waals surface area contributed by atoms with Crippen LogP contribution in [0, 0.1) is 5.39 Å². The van der Waals surface area contributed by atoms with Crippen molar-refractivity contribution in [3.8, 4) is 0 Å². The van der Waals surface area contributed by atoms with Gasteiger partial charge in [0, 0.05) is 12.1 Å². The summed E-state index contributed by atoms with van der Waals surface area (Å²) in [5.74, 6) is 0. The average molecular weight is 231 g/mol. The fourth-order valence-corrected chi connectivity index (χ4v) is 1.68. The van der Waals surface area contributed by atoms with Gasteiger partial charge in [-0.25, -0.2) is 0 Å². The van der Waals surface area contributed by atoms with Gasteiger partial charge in [-0.3, -0.25) is 0 Å². The third-order valence-corrected chi connectivity index (χ3v) is 3.53. The molecular weight excluding hydrogens is 215 g/mol. The zero-order chi connectivity index (χ0) is 12.7. The molecule has 0 atom stereocenters.